The first-order valence-electron chi connectivity index (χ1n) is 9.47. The van der Waals surface area contributed by atoms with Crippen LogP contribution in [0.1, 0.15) is 6.92 Å². The van der Waals surface area contributed by atoms with Crippen LogP contribution in [0.25, 0.3) is 0 Å². The molecule has 0 aromatic heterocycles. The lowest BCUT2D eigenvalue weighted by Gasteiger charge is -2.12. The van der Waals surface area contributed by atoms with Crippen LogP contribution in [0, 0.1) is 0 Å². The second-order valence-corrected chi connectivity index (χ2v) is 8.49. The van der Waals surface area contributed by atoms with Gasteiger partial charge < -0.3 is 20.1 Å². The van der Waals surface area contributed by atoms with Crippen LogP contribution in [0.15, 0.2) is 77.7 Å². The maximum atomic E-state index is 12.6. The number of thiocarbonyl (C=S) groups is 1. The van der Waals surface area contributed by atoms with Gasteiger partial charge in [0.2, 0.25) is 0 Å². The van der Waals surface area contributed by atoms with Crippen molar-refractivity contribution in [1.29, 1.82) is 0 Å². The molecule has 9 heteroatoms. The molecule has 0 saturated carbocycles. The Morgan fingerprint density at radius 2 is 1.29 bits per heavy atom. The van der Waals surface area contributed by atoms with E-state index >= 15 is 0 Å². The summed E-state index contributed by atoms with van der Waals surface area (Å²) in [6.07, 6.45) is 0. The van der Waals surface area contributed by atoms with Crippen molar-refractivity contribution in [3.05, 3.63) is 72.8 Å². The third kappa shape index (κ3) is 6.34. The van der Waals surface area contributed by atoms with Gasteiger partial charge in [0.25, 0.3) is 10.0 Å². The number of rotatable bonds is 8. The summed E-state index contributed by atoms with van der Waals surface area (Å²) < 4.78 is 38.3. The molecule has 0 aliphatic heterocycles. The zero-order valence-electron chi connectivity index (χ0n) is 17.1. The molecule has 31 heavy (non-hydrogen) atoms. The Bertz CT molecular complexity index is 1110. The first kappa shape index (κ1) is 22.4. The number of anilines is 3. The maximum Gasteiger partial charge on any atom is 0.261 e. The van der Waals surface area contributed by atoms with Gasteiger partial charge in [-0.15, -0.1) is 0 Å². The van der Waals surface area contributed by atoms with Gasteiger partial charge in [-0.25, -0.2) is 8.42 Å². The monoisotopic (exact) mass is 457 g/mol. The molecule has 162 valence electrons. The summed E-state index contributed by atoms with van der Waals surface area (Å²) in [6.45, 7) is 2.43. The predicted octanol–water partition coefficient (Wildman–Crippen LogP) is 4.70. The summed E-state index contributed by atoms with van der Waals surface area (Å²) in [4.78, 5) is 0.140. The smallest absolute Gasteiger partial charge is 0.261 e. The molecular formula is C22H23N3O4S2. The van der Waals surface area contributed by atoms with Crippen molar-refractivity contribution in [1.82, 2.24) is 0 Å². The molecule has 7 nitrogen and oxygen atoms in total. The molecule has 3 rings (SSSR count). The Morgan fingerprint density at radius 3 is 1.81 bits per heavy atom. The molecule has 0 heterocycles. The fraction of sp³-hybridized carbons (Fsp3) is 0.136. The lowest BCUT2D eigenvalue weighted by atomic mass is 10.3. The van der Waals surface area contributed by atoms with Crippen LogP contribution in [0.5, 0.6) is 11.5 Å². The second-order valence-electron chi connectivity index (χ2n) is 6.39. The fourth-order valence-electron chi connectivity index (χ4n) is 2.69. The summed E-state index contributed by atoms with van der Waals surface area (Å²) in [5.74, 6) is 1.43. The Balaban J connectivity index is 1.60. The van der Waals surface area contributed by atoms with E-state index in [4.69, 9.17) is 21.7 Å². The first-order valence-corrected chi connectivity index (χ1v) is 11.4. The summed E-state index contributed by atoms with van der Waals surface area (Å²) >= 11 is 5.31. The third-order valence-electron chi connectivity index (χ3n) is 4.19. The molecular weight excluding hydrogens is 434 g/mol. The Labute approximate surface area is 187 Å². The van der Waals surface area contributed by atoms with Gasteiger partial charge in [-0.2, -0.15) is 0 Å². The van der Waals surface area contributed by atoms with Crippen molar-refractivity contribution in [2.45, 2.75) is 11.8 Å². The van der Waals surface area contributed by atoms with E-state index in [9.17, 15) is 8.42 Å². The third-order valence-corrected chi connectivity index (χ3v) is 5.79. The average Bonchev–Trinajstić information content (AvgIpc) is 2.76. The largest absolute Gasteiger partial charge is 0.497 e. The molecule has 0 spiro atoms. The van der Waals surface area contributed by atoms with Crippen LogP contribution >= 0.6 is 12.2 Å². The van der Waals surface area contributed by atoms with Crippen LogP contribution < -0.4 is 24.8 Å². The lowest BCUT2D eigenvalue weighted by molar-refractivity contribution is 0.340. The van der Waals surface area contributed by atoms with E-state index in [0.29, 0.717) is 28.8 Å². The molecule has 0 atom stereocenters. The summed E-state index contributed by atoms with van der Waals surface area (Å²) in [6, 6.07) is 20.4. The number of benzene rings is 3. The molecule has 0 aliphatic rings. The van der Waals surface area contributed by atoms with Gasteiger partial charge in [0, 0.05) is 17.1 Å². The quantitative estimate of drug-likeness (QED) is 0.422. The number of sulfonamides is 1. The molecule has 0 bridgehead atoms. The second kappa shape index (κ2) is 10.1. The highest BCUT2D eigenvalue weighted by Crippen LogP contribution is 2.21. The molecule has 0 radical (unpaired) electrons. The molecule has 3 aromatic carbocycles. The number of methoxy groups -OCH3 is 1. The highest BCUT2D eigenvalue weighted by atomic mass is 32.2. The minimum absolute atomic E-state index is 0.140. The number of nitrogens with one attached hydrogen (secondary N) is 3. The summed E-state index contributed by atoms with van der Waals surface area (Å²) in [5, 5.41) is 6.46. The van der Waals surface area contributed by atoms with Gasteiger partial charge in [0.05, 0.1) is 18.6 Å². The van der Waals surface area contributed by atoms with Crippen molar-refractivity contribution in [3.63, 3.8) is 0 Å². The number of ether oxygens (including phenoxy) is 2. The van der Waals surface area contributed by atoms with E-state index in [1.54, 1.807) is 43.5 Å². The lowest BCUT2D eigenvalue weighted by Crippen LogP contribution is -2.19. The van der Waals surface area contributed by atoms with Crippen molar-refractivity contribution in [2.24, 2.45) is 0 Å². The van der Waals surface area contributed by atoms with E-state index in [1.807, 2.05) is 31.2 Å². The standard InChI is InChI=1S/C22H23N3O4S2/c1-3-29-20-12-6-18(7-13-20)25-31(26,27)21-14-8-17(9-15-21)24-22(30)23-16-4-10-19(28-2)11-5-16/h4-15,25H,3H2,1-2H3,(H2,23,24,30). The minimum Gasteiger partial charge on any atom is -0.497 e. The summed E-state index contributed by atoms with van der Waals surface area (Å²) in [7, 11) is -2.11. The number of hydrogen-bond donors (Lipinski definition) is 3. The SMILES string of the molecule is CCOc1ccc(NS(=O)(=O)c2ccc(NC(=S)Nc3ccc(OC)cc3)cc2)cc1. The Kier molecular flexibility index (Phi) is 7.32. The van der Waals surface area contributed by atoms with Crippen LogP contribution in [0.4, 0.5) is 17.1 Å². The molecule has 3 aromatic rings. The van der Waals surface area contributed by atoms with Crippen molar-refractivity contribution in [3.8, 4) is 11.5 Å². The van der Waals surface area contributed by atoms with Crippen LogP contribution in [0.3, 0.4) is 0 Å². The fourth-order valence-corrected chi connectivity index (χ4v) is 3.98. The van der Waals surface area contributed by atoms with E-state index in [-0.39, 0.29) is 4.90 Å². The van der Waals surface area contributed by atoms with E-state index in [2.05, 4.69) is 15.4 Å². The molecule has 0 amide bonds. The van der Waals surface area contributed by atoms with Crippen molar-refractivity contribution < 1.29 is 17.9 Å². The first-order chi connectivity index (χ1) is 14.9. The van der Waals surface area contributed by atoms with Gasteiger partial charge in [0.1, 0.15) is 11.5 Å². The maximum absolute atomic E-state index is 12.6. The van der Waals surface area contributed by atoms with Gasteiger partial charge in [-0.3, -0.25) is 4.72 Å². The van der Waals surface area contributed by atoms with Crippen LogP contribution in [-0.2, 0) is 10.0 Å². The molecule has 3 N–H and O–H groups in total. The zero-order chi connectivity index (χ0) is 22.3. The molecule has 0 fully saturated rings. The van der Waals surface area contributed by atoms with Gasteiger partial charge in [-0.1, -0.05) is 0 Å². The van der Waals surface area contributed by atoms with Crippen LogP contribution in [-0.4, -0.2) is 27.2 Å². The zero-order valence-corrected chi connectivity index (χ0v) is 18.7. The summed E-state index contributed by atoms with van der Waals surface area (Å²) in [5.41, 5.74) is 1.92. The Hall–Kier alpha value is -3.30. The molecule has 0 unspecified atom stereocenters. The number of hydrogen-bond acceptors (Lipinski definition) is 5. The van der Waals surface area contributed by atoms with Gasteiger partial charge in [-0.05, 0) is 91.9 Å². The van der Waals surface area contributed by atoms with E-state index in [1.165, 1.54) is 12.1 Å². The van der Waals surface area contributed by atoms with E-state index < -0.39 is 10.0 Å². The normalized spacial score (nSPS) is 10.8. The van der Waals surface area contributed by atoms with Gasteiger partial charge in [0.15, 0.2) is 5.11 Å². The van der Waals surface area contributed by atoms with Crippen LogP contribution in [0.2, 0.25) is 0 Å². The highest BCUT2D eigenvalue weighted by Gasteiger charge is 2.14. The topological polar surface area (TPSA) is 88.7 Å². The minimum atomic E-state index is -3.72. The highest BCUT2D eigenvalue weighted by molar-refractivity contribution is 7.92. The van der Waals surface area contributed by atoms with E-state index in [0.717, 1.165) is 11.4 Å². The molecule has 0 saturated heterocycles. The van der Waals surface area contributed by atoms with Crippen molar-refractivity contribution in [2.75, 3.05) is 29.1 Å². The van der Waals surface area contributed by atoms with Crippen molar-refractivity contribution >= 4 is 44.4 Å². The average molecular weight is 458 g/mol. The predicted molar refractivity (Wildman–Crippen MR) is 128 cm³/mol. The van der Waals surface area contributed by atoms with Gasteiger partial charge >= 0.3 is 0 Å². The molecule has 0 aliphatic carbocycles. The Morgan fingerprint density at radius 1 is 0.806 bits per heavy atom.